The van der Waals surface area contributed by atoms with Crippen LogP contribution in [0.2, 0.25) is 5.02 Å². The molecule has 0 saturated carbocycles. The van der Waals surface area contributed by atoms with Crippen molar-refractivity contribution in [2.45, 2.75) is 13.1 Å². The largest absolute Gasteiger partial charge is 0.328 e. The van der Waals surface area contributed by atoms with Gasteiger partial charge in [-0.15, -0.1) is 0 Å². The van der Waals surface area contributed by atoms with E-state index in [0.29, 0.717) is 45.3 Å². The third kappa shape index (κ3) is 3.51. The molecule has 8 heteroatoms. The van der Waals surface area contributed by atoms with Crippen molar-refractivity contribution in [2.24, 2.45) is 0 Å². The molecular weight excluding hydrogens is 429 g/mol. The normalized spacial score (nSPS) is 12.7. The van der Waals surface area contributed by atoms with Gasteiger partial charge < -0.3 is 4.90 Å². The van der Waals surface area contributed by atoms with Crippen molar-refractivity contribution in [1.29, 1.82) is 5.26 Å². The van der Waals surface area contributed by atoms with Crippen molar-refractivity contribution in [3.63, 3.8) is 0 Å². The van der Waals surface area contributed by atoms with E-state index in [2.05, 4.69) is 10.1 Å². The number of benzene rings is 2. The fourth-order valence-corrected chi connectivity index (χ4v) is 3.93. The molecule has 0 fully saturated rings. The number of hydrogen-bond donors (Lipinski definition) is 0. The Balaban J connectivity index is 1.36. The van der Waals surface area contributed by atoms with Crippen LogP contribution in [0, 0.1) is 17.1 Å². The molecule has 3 heterocycles. The highest BCUT2D eigenvalue weighted by Crippen LogP contribution is 2.26. The summed E-state index contributed by atoms with van der Waals surface area (Å²) in [5.74, 6) is -0.563. The first-order valence-electron chi connectivity index (χ1n) is 9.81. The SMILES string of the molecule is N#Cc1ccc(-c2ccn(-c3ccc(CN4Cc5ncccc5C4=O)c(F)c3)n2)cc1Cl. The second kappa shape index (κ2) is 7.91. The van der Waals surface area contributed by atoms with E-state index >= 15 is 0 Å². The molecular formula is C24H15ClFN5O. The standard InChI is InChI=1S/C24H15ClFN5O/c25-20-10-15(3-4-16(20)12-27)22-7-9-31(29-22)18-6-5-17(21(26)11-18)13-30-14-23-19(24(30)32)2-1-8-28-23/h1-11H,13-14H2. The highest BCUT2D eigenvalue weighted by Gasteiger charge is 2.28. The molecule has 4 aromatic rings. The van der Waals surface area contributed by atoms with Gasteiger partial charge in [-0.3, -0.25) is 9.78 Å². The molecule has 0 aliphatic carbocycles. The third-order valence-corrected chi connectivity index (χ3v) is 5.70. The van der Waals surface area contributed by atoms with Gasteiger partial charge in [0.05, 0.1) is 39.8 Å². The highest BCUT2D eigenvalue weighted by atomic mass is 35.5. The average Bonchev–Trinajstić information content (AvgIpc) is 3.41. The summed E-state index contributed by atoms with van der Waals surface area (Å²) in [4.78, 5) is 18.3. The number of nitriles is 1. The molecule has 156 valence electrons. The number of aromatic nitrogens is 3. The van der Waals surface area contributed by atoms with Crippen LogP contribution >= 0.6 is 11.6 Å². The number of carbonyl (C=O) groups excluding carboxylic acids is 1. The number of rotatable bonds is 4. The van der Waals surface area contributed by atoms with Gasteiger partial charge in [-0.1, -0.05) is 23.7 Å². The highest BCUT2D eigenvalue weighted by molar-refractivity contribution is 6.32. The van der Waals surface area contributed by atoms with Gasteiger partial charge in [0.2, 0.25) is 0 Å². The van der Waals surface area contributed by atoms with E-state index < -0.39 is 5.82 Å². The Bertz CT molecular complexity index is 1410. The van der Waals surface area contributed by atoms with Gasteiger partial charge in [0.1, 0.15) is 11.9 Å². The maximum Gasteiger partial charge on any atom is 0.256 e. The molecule has 0 N–H and O–H groups in total. The molecule has 0 unspecified atom stereocenters. The lowest BCUT2D eigenvalue weighted by molar-refractivity contribution is 0.0765. The Morgan fingerprint density at radius 1 is 1.16 bits per heavy atom. The van der Waals surface area contributed by atoms with Crippen LogP contribution in [0.5, 0.6) is 0 Å². The van der Waals surface area contributed by atoms with Crippen molar-refractivity contribution >= 4 is 17.5 Å². The first kappa shape index (κ1) is 19.9. The summed E-state index contributed by atoms with van der Waals surface area (Å²) in [6.45, 7) is 0.529. The predicted molar refractivity (Wildman–Crippen MR) is 116 cm³/mol. The Labute approximate surface area is 188 Å². The summed E-state index contributed by atoms with van der Waals surface area (Å²) < 4.78 is 16.4. The van der Waals surface area contributed by atoms with Crippen molar-refractivity contribution in [1.82, 2.24) is 19.7 Å². The summed E-state index contributed by atoms with van der Waals surface area (Å²) in [6, 6.07) is 17.2. The molecule has 5 rings (SSSR count). The monoisotopic (exact) mass is 443 g/mol. The van der Waals surface area contributed by atoms with Crippen molar-refractivity contribution in [2.75, 3.05) is 0 Å². The minimum absolute atomic E-state index is 0.144. The molecule has 32 heavy (non-hydrogen) atoms. The zero-order valence-electron chi connectivity index (χ0n) is 16.7. The van der Waals surface area contributed by atoms with Crippen molar-refractivity contribution in [3.05, 3.63) is 100 Å². The molecule has 2 aromatic heterocycles. The number of halogens is 2. The van der Waals surface area contributed by atoms with Crippen LogP contribution in [0.4, 0.5) is 4.39 Å². The first-order chi connectivity index (χ1) is 15.5. The smallest absolute Gasteiger partial charge is 0.256 e. The van der Waals surface area contributed by atoms with Crippen LogP contribution < -0.4 is 0 Å². The third-order valence-electron chi connectivity index (χ3n) is 5.39. The summed E-state index contributed by atoms with van der Waals surface area (Å²) in [5, 5.41) is 13.9. The van der Waals surface area contributed by atoms with Gasteiger partial charge in [0.25, 0.3) is 5.91 Å². The van der Waals surface area contributed by atoms with Crippen LogP contribution in [0.3, 0.4) is 0 Å². The lowest BCUT2D eigenvalue weighted by Crippen LogP contribution is -2.23. The maximum atomic E-state index is 14.9. The minimum atomic E-state index is -0.419. The second-order valence-corrected chi connectivity index (χ2v) is 7.79. The molecule has 1 amide bonds. The van der Waals surface area contributed by atoms with E-state index in [1.54, 1.807) is 70.5 Å². The van der Waals surface area contributed by atoms with Gasteiger partial charge in [-0.25, -0.2) is 9.07 Å². The first-order valence-corrected chi connectivity index (χ1v) is 10.2. The summed E-state index contributed by atoms with van der Waals surface area (Å²) >= 11 is 6.11. The fourth-order valence-electron chi connectivity index (χ4n) is 3.71. The van der Waals surface area contributed by atoms with E-state index in [9.17, 15) is 9.18 Å². The van der Waals surface area contributed by atoms with Crippen LogP contribution in [0.1, 0.15) is 27.2 Å². The molecule has 2 aromatic carbocycles. The number of hydrogen-bond acceptors (Lipinski definition) is 4. The molecule has 1 aliphatic rings. The molecule has 0 spiro atoms. The zero-order valence-corrected chi connectivity index (χ0v) is 17.4. The van der Waals surface area contributed by atoms with Crippen LogP contribution in [0.25, 0.3) is 16.9 Å². The van der Waals surface area contributed by atoms with E-state index in [1.165, 1.54) is 6.07 Å². The Morgan fingerprint density at radius 2 is 2.03 bits per heavy atom. The Kier molecular flexibility index (Phi) is 4.92. The zero-order chi connectivity index (χ0) is 22.2. The molecule has 0 atom stereocenters. The quantitative estimate of drug-likeness (QED) is 0.456. The predicted octanol–water partition coefficient (Wildman–Crippen LogP) is 4.75. The molecule has 0 saturated heterocycles. The van der Waals surface area contributed by atoms with Gasteiger partial charge in [0.15, 0.2) is 0 Å². The number of carbonyl (C=O) groups is 1. The number of amides is 1. The molecule has 0 radical (unpaired) electrons. The topological polar surface area (TPSA) is 74.8 Å². The van der Waals surface area contributed by atoms with Gasteiger partial charge in [0, 0.05) is 30.1 Å². The van der Waals surface area contributed by atoms with Crippen LogP contribution in [-0.2, 0) is 13.1 Å². The number of pyridine rings is 1. The Morgan fingerprint density at radius 3 is 2.78 bits per heavy atom. The number of fused-ring (bicyclic) bond motifs is 1. The summed E-state index contributed by atoms with van der Waals surface area (Å²) in [5.41, 5.74) is 4.04. The number of nitrogens with zero attached hydrogens (tertiary/aromatic N) is 5. The molecule has 6 nitrogen and oxygen atoms in total. The van der Waals surface area contributed by atoms with Gasteiger partial charge in [-0.2, -0.15) is 10.4 Å². The van der Waals surface area contributed by atoms with Crippen molar-refractivity contribution < 1.29 is 9.18 Å². The van der Waals surface area contributed by atoms with Gasteiger partial charge >= 0.3 is 0 Å². The van der Waals surface area contributed by atoms with Crippen LogP contribution in [0.15, 0.2) is 67.0 Å². The lowest BCUT2D eigenvalue weighted by Gasteiger charge is -2.16. The van der Waals surface area contributed by atoms with Crippen LogP contribution in [-0.4, -0.2) is 25.6 Å². The van der Waals surface area contributed by atoms with E-state index in [4.69, 9.17) is 16.9 Å². The fraction of sp³-hybridized carbons (Fsp3) is 0.0833. The molecule has 0 bridgehead atoms. The average molecular weight is 444 g/mol. The molecule has 1 aliphatic heterocycles. The van der Waals surface area contributed by atoms with E-state index in [1.807, 2.05) is 6.07 Å². The van der Waals surface area contributed by atoms with E-state index in [-0.39, 0.29) is 12.5 Å². The van der Waals surface area contributed by atoms with Crippen molar-refractivity contribution in [3.8, 4) is 23.0 Å². The van der Waals surface area contributed by atoms with Gasteiger partial charge in [-0.05, 0) is 42.5 Å². The lowest BCUT2D eigenvalue weighted by atomic mass is 10.1. The maximum absolute atomic E-state index is 14.9. The van der Waals surface area contributed by atoms with E-state index in [0.717, 1.165) is 5.56 Å². The second-order valence-electron chi connectivity index (χ2n) is 7.39. The Hall–Kier alpha value is -4.02. The minimum Gasteiger partial charge on any atom is -0.328 e. The summed E-state index contributed by atoms with van der Waals surface area (Å²) in [7, 11) is 0. The summed E-state index contributed by atoms with van der Waals surface area (Å²) in [6.07, 6.45) is 3.37.